The predicted molar refractivity (Wildman–Crippen MR) is 73.3 cm³/mol. The van der Waals surface area contributed by atoms with Crippen molar-refractivity contribution in [3.8, 4) is 0 Å². The minimum Gasteiger partial charge on any atom is -0.399 e. The average molecular weight is 255 g/mol. The zero-order valence-corrected chi connectivity index (χ0v) is 10.2. The molecule has 3 rings (SSSR count). The number of rotatable bonds is 1. The van der Waals surface area contributed by atoms with E-state index in [0.717, 1.165) is 17.7 Å². The molecule has 0 unspecified atom stereocenters. The maximum Gasteiger partial charge on any atom is 0.274 e. The lowest BCUT2D eigenvalue weighted by Crippen LogP contribution is -2.30. The van der Waals surface area contributed by atoms with Crippen molar-refractivity contribution in [2.75, 3.05) is 17.2 Å². The molecule has 0 atom stereocenters. The third kappa shape index (κ3) is 1.99. The molecule has 3 N–H and O–H groups in total. The number of aromatic amines is 1. The molecule has 1 amide bonds. The summed E-state index contributed by atoms with van der Waals surface area (Å²) < 4.78 is 0. The molecule has 0 fully saturated rings. The van der Waals surface area contributed by atoms with Gasteiger partial charge in [0.05, 0.1) is 0 Å². The van der Waals surface area contributed by atoms with Gasteiger partial charge in [-0.05, 0) is 30.2 Å². The Balaban J connectivity index is 2.00. The van der Waals surface area contributed by atoms with Crippen LogP contribution in [-0.4, -0.2) is 17.4 Å². The first-order valence-corrected chi connectivity index (χ1v) is 6.05. The third-order valence-electron chi connectivity index (χ3n) is 3.25. The van der Waals surface area contributed by atoms with Gasteiger partial charge in [0.1, 0.15) is 5.69 Å². The first-order valence-electron chi connectivity index (χ1n) is 6.05. The summed E-state index contributed by atoms with van der Waals surface area (Å²) in [5.41, 5.74) is 8.33. The molecule has 2 heterocycles. The number of pyridine rings is 1. The minimum absolute atomic E-state index is 0.206. The first kappa shape index (κ1) is 11.5. The minimum atomic E-state index is -0.280. The number of H-pyrrole nitrogens is 1. The van der Waals surface area contributed by atoms with E-state index in [4.69, 9.17) is 5.73 Å². The zero-order chi connectivity index (χ0) is 13.4. The Labute approximate surface area is 109 Å². The Kier molecular flexibility index (Phi) is 2.59. The quantitative estimate of drug-likeness (QED) is 0.750. The van der Waals surface area contributed by atoms with E-state index in [2.05, 4.69) is 4.98 Å². The number of fused-ring (bicyclic) bond motifs is 1. The largest absolute Gasteiger partial charge is 0.399 e. The van der Waals surface area contributed by atoms with Crippen LogP contribution in [0, 0.1) is 0 Å². The third-order valence-corrected chi connectivity index (χ3v) is 3.25. The van der Waals surface area contributed by atoms with Gasteiger partial charge >= 0.3 is 0 Å². The molecule has 0 aliphatic carbocycles. The van der Waals surface area contributed by atoms with Gasteiger partial charge in [0.25, 0.3) is 5.91 Å². The molecular formula is C14H13N3O2. The monoisotopic (exact) mass is 255 g/mol. The molecule has 1 aromatic carbocycles. The molecule has 2 aromatic rings. The number of hydrogen-bond acceptors (Lipinski definition) is 3. The van der Waals surface area contributed by atoms with Gasteiger partial charge in [-0.3, -0.25) is 9.59 Å². The van der Waals surface area contributed by atoms with Gasteiger partial charge in [-0.1, -0.05) is 12.1 Å². The van der Waals surface area contributed by atoms with Crippen LogP contribution in [0.15, 0.2) is 41.2 Å². The topological polar surface area (TPSA) is 79.2 Å². The summed E-state index contributed by atoms with van der Waals surface area (Å²) in [4.78, 5) is 27.9. The van der Waals surface area contributed by atoms with Crippen LogP contribution in [0.3, 0.4) is 0 Å². The number of amides is 1. The summed E-state index contributed by atoms with van der Waals surface area (Å²) in [5, 5.41) is 0. The second-order valence-electron chi connectivity index (χ2n) is 4.52. The number of aromatic nitrogens is 1. The van der Waals surface area contributed by atoms with Crippen molar-refractivity contribution < 1.29 is 4.79 Å². The second-order valence-corrected chi connectivity index (χ2v) is 4.52. The zero-order valence-electron chi connectivity index (χ0n) is 10.2. The predicted octanol–water partition coefficient (Wildman–Crippen LogP) is 1.16. The van der Waals surface area contributed by atoms with Gasteiger partial charge in [-0.15, -0.1) is 0 Å². The van der Waals surface area contributed by atoms with E-state index < -0.39 is 0 Å². The van der Waals surface area contributed by atoms with Gasteiger partial charge in [0, 0.05) is 24.0 Å². The summed E-state index contributed by atoms with van der Waals surface area (Å²) in [6.45, 7) is 0.606. The number of anilines is 2. The number of carbonyl (C=O) groups is 1. The Morgan fingerprint density at radius 2 is 2.11 bits per heavy atom. The van der Waals surface area contributed by atoms with Crippen LogP contribution in [0.25, 0.3) is 0 Å². The molecule has 0 radical (unpaired) electrons. The number of nitrogen functional groups attached to an aromatic ring is 1. The Morgan fingerprint density at radius 3 is 2.89 bits per heavy atom. The van der Waals surface area contributed by atoms with Crippen molar-refractivity contribution in [2.24, 2.45) is 0 Å². The van der Waals surface area contributed by atoms with Crippen molar-refractivity contribution >= 4 is 17.3 Å². The highest BCUT2D eigenvalue weighted by atomic mass is 16.2. The van der Waals surface area contributed by atoms with E-state index in [9.17, 15) is 9.59 Å². The van der Waals surface area contributed by atoms with Crippen molar-refractivity contribution in [3.05, 3.63) is 58.0 Å². The molecule has 5 nitrogen and oxygen atoms in total. The SMILES string of the molecule is Nc1ccc2c(c1)N(C(=O)c1cccc(=O)[nH]1)CC2. The molecule has 1 aliphatic heterocycles. The highest BCUT2D eigenvalue weighted by molar-refractivity contribution is 6.06. The summed E-state index contributed by atoms with van der Waals surface area (Å²) in [7, 11) is 0. The summed E-state index contributed by atoms with van der Waals surface area (Å²) >= 11 is 0. The maximum absolute atomic E-state index is 12.4. The van der Waals surface area contributed by atoms with Crippen LogP contribution < -0.4 is 16.2 Å². The molecule has 96 valence electrons. The van der Waals surface area contributed by atoms with Gasteiger partial charge in [0.15, 0.2) is 0 Å². The van der Waals surface area contributed by atoms with Gasteiger partial charge in [-0.2, -0.15) is 0 Å². The number of nitrogens with zero attached hydrogens (tertiary/aromatic N) is 1. The van der Waals surface area contributed by atoms with E-state index in [-0.39, 0.29) is 11.5 Å². The van der Waals surface area contributed by atoms with Gasteiger partial charge in [-0.25, -0.2) is 0 Å². The number of nitrogens with one attached hydrogen (secondary N) is 1. The van der Waals surface area contributed by atoms with Crippen LogP contribution in [0.1, 0.15) is 16.1 Å². The fourth-order valence-electron chi connectivity index (χ4n) is 2.33. The molecule has 1 aromatic heterocycles. The van der Waals surface area contributed by atoms with E-state index >= 15 is 0 Å². The number of hydrogen-bond donors (Lipinski definition) is 2. The summed E-state index contributed by atoms with van der Waals surface area (Å²) in [5.74, 6) is -0.206. The fraction of sp³-hybridized carbons (Fsp3) is 0.143. The van der Waals surface area contributed by atoms with Crippen molar-refractivity contribution in [1.29, 1.82) is 0 Å². The molecule has 0 spiro atoms. The van der Waals surface area contributed by atoms with Crippen molar-refractivity contribution in [1.82, 2.24) is 4.98 Å². The highest BCUT2D eigenvalue weighted by Crippen LogP contribution is 2.30. The van der Waals surface area contributed by atoms with E-state index in [1.807, 2.05) is 12.1 Å². The van der Waals surface area contributed by atoms with Crippen LogP contribution in [0.5, 0.6) is 0 Å². The van der Waals surface area contributed by atoms with Crippen LogP contribution in [-0.2, 0) is 6.42 Å². The van der Waals surface area contributed by atoms with Crippen molar-refractivity contribution in [3.63, 3.8) is 0 Å². The molecule has 5 heteroatoms. The lowest BCUT2D eigenvalue weighted by molar-refractivity contribution is 0.0984. The Bertz CT molecular complexity index is 706. The number of carbonyl (C=O) groups excluding carboxylic acids is 1. The fourth-order valence-corrected chi connectivity index (χ4v) is 2.33. The molecule has 1 aliphatic rings. The maximum atomic E-state index is 12.4. The Morgan fingerprint density at radius 1 is 1.26 bits per heavy atom. The molecule has 0 saturated heterocycles. The van der Waals surface area contributed by atoms with Crippen LogP contribution in [0.4, 0.5) is 11.4 Å². The summed E-state index contributed by atoms with van der Waals surface area (Å²) in [6, 6.07) is 10.1. The Hall–Kier alpha value is -2.56. The lowest BCUT2D eigenvalue weighted by Gasteiger charge is -2.17. The molecular weight excluding hydrogens is 242 g/mol. The highest BCUT2D eigenvalue weighted by Gasteiger charge is 2.26. The van der Waals surface area contributed by atoms with Gasteiger partial charge < -0.3 is 15.6 Å². The first-order chi connectivity index (χ1) is 9.15. The normalized spacial score (nSPS) is 13.4. The smallest absolute Gasteiger partial charge is 0.274 e. The van der Waals surface area contributed by atoms with E-state index in [0.29, 0.717) is 17.9 Å². The number of benzene rings is 1. The molecule has 0 bridgehead atoms. The van der Waals surface area contributed by atoms with Crippen LogP contribution in [0.2, 0.25) is 0 Å². The second kappa shape index (κ2) is 4.28. The van der Waals surface area contributed by atoms with Crippen molar-refractivity contribution in [2.45, 2.75) is 6.42 Å². The van der Waals surface area contributed by atoms with E-state index in [1.165, 1.54) is 6.07 Å². The summed E-state index contributed by atoms with van der Waals surface area (Å²) in [6.07, 6.45) is 0.804. The van der Waals surface area contributed by atoms with Gasteiger partial charge in [0.2, 0.25) is 5.56 Å². The standard InChI is InChI=1S/C14H13N3O2/c15-10-5-4-9-6-7-17(12(9)8-10)14(19)11-2-1-3-13(18)16-11/h1-5,8H,6-7,15H2,(H,16,18). The average Bonchev–Trinajstić information content (AvgIpc) is 2.80. The molecule has 0 saturated carbocycles. The molecule has 19 heavy (non-hydrogen) atoms. The van der Waals surface area contributed by atoms with E-state index in [1.54, 1.807) is 23.1 Å². The van der Waals surface area contributed by atoms with Crippen LogP contribution >= 0.6 is 0 Å². The number of nitrogens with two attached hydrogens (primary N) is 1. The lowest BCUT2D eigenvalue weighted by atomic mass is 10.1.